The fourth-order valence-corrected chi connectivity index (χ4v) is 9.95. The molecule has 0 aliphatic carbocycles. The summed E-state index contributed by atoms with van der Waals surface area (Å²) in [7, 11) is 0. The maximum atomic E-state index is 5.17. The van der Waals surface area contributed by atoms with Crippen LogP contribution in [0.5, 0.6) is 0 Å². The van der Waals surface area contributed by atoms with Crippen LogP contribution in [0.15, 0.2) is 212 Å². The highest BCUT2D eigenvalue weighted by Gasteiger charge is 2.16. The lowest BCUT2D eigenvalue weighted by molar-refractivity contribution is 1.07. The highest BCUT2D eigenvalue weighted by molar-refractivity contribution is 7.25. The van der Waals surface area contributed by atoms with Crippen molar-refractivity contribution in [1.29, 1.82) is 0 Å². The van der Waals surface area contributed by atoms with Gasteiger partial charge in [0.25, 0.3) is 0 Å². The third-order valence-corrected chi connectivity index (χ3v) is 13.1. The average molecular weight is 794 g/mol. The van der Waals surface area contributed by atoms with Crippen molar-refractivity contribution in [2.24, 2.45) is 0 Å². The molecule has 2 aromatic heterocycles. The highest BCUT2D eigenvalue weighted by atomic mass is 32.1. The van der Waals surface area contributed by atoms with E-state index in [1.807, 2.05) is 17.4 Å². The van der Waals surface area contributed by atoms with Crippen LogP contribution in [0.1, 0.15) is 0 Å². The van der Waals surface area contributed by atoms with E-state index >= 15 is 0 Å². The molecular weight excluding hydrogens is 759 g/mol. The molecule has 0 fully saturated rings. The first-order valence-electron chi connectivity index (χ1n) is 20.6. The summed E-state index contributed by atoms with van der Waals surface area (Å²) in [6.45, 7) is 0. The van der Waals surface area contributed by atoms with E-state index in [0.29, 0.717) is 17.5 Å². The molecule has 2 heterocycles. The van der Waals surface area contributed by atoms with Crippen molar-refractivity contribution in [1.82, 2.24) is 15.0 Å². The van der Waals surface area contributed by atoms with Crippen LogP contribution >= 0.6 is 11.3 Å². The first-order chi connectivity index (χ1) is 30.2. The Bertz CT molecular complexity index is 3630. The monoisotopic (exact) mass is 793 g/mol. The molecule has 0 saturated heterocycles. The van der Waals surface area contributed by atoms with E-state index < -0.39 is 0 Å². The van der Waals surface area contributed by atoms with E-state index in [1.165, 1.54) is 63.6 Å². The number of aromatic nitrogens is 3. The van der Waals surface area contributed by atoms with Crippen LogP contribution in [-0.2, 0) is 0 Å². The van der Waals surface area contributed by atoms with E-state index in [1.54, 1.807) is 0 Å². The van der Waals surface area contributed by atoms with Gasteiger partial charge in [0.05, 0.1) is 0 Å². The number of hydrogen-bond donors (Lipinski definition) is 0. The van der Waals surface area contributed by atoms with Gasteiger partial charge >= 0.3 is 0 Å². The van der Waals surface area contributed by atoms with E-state index in [2.05, 4.69) is 206 Å². The van der Waals surface area contributed by atoms with E-state index in [4.69, 9.17) is 15.0 Å². The molecule has 0 unspecified atom stereocenters. The van der Waals surface area contributed by atoms with Crippen molar-refractivity contribution in [3.05, 3.63) is 212 Å². The SMILES string of the molecule is c1ccc(-c2cccc(-c3nc(-c4ccc(-c5ccc6sc7ccccc7c6c5)cc4)nc(-c4ccc(-c5c6ccccc6cc6c5ccc5ccccc56)cc4)n3)c2)cc1. The van der Waals surface area contributed by atoms with E-state index in [-0.39, 0.29) is 0 Å². The second-order valence-corrected chi connectivity index (χ2v) is 16.7. The topological polar surface area (TPSA) is 38.7 Å². The Kier molecular flexibility index (Phi) is 8.36. The summed E-state index contributed by atoms with van der Waals surface area (Å²) >= 11 is 1.84. The first kappa shape index (κ1) is 35.2. The molecule has 12 aromatic rings. The quantitative estimate of drug-likeness (QED) is 0.124. The van der Waals surface area contributed by atoms with Crippen molar-refractivity contribution < 1.29 is 0 Å². The average Bonchev–Trinajstić information content (AvgIpc) is 3.71. The molecule has 284 valence electrons. The predicted octanol–water partition coefficient (Wildman–Crippen LogP) is 15.7. The van der Waals surface area contributed by atoms with Crippen molar-refractivity contribution in [3.63, 3.8) is 0 Å². The van der Waals surface area contributed by atoms with Crippen molar-refractivity contribution in [2.75, 3.05) is 0 Å². The fourth-order valence-electron chi connectivity index (χ4n) is 8.87. The molecule has 0 amide bonds. The number of benzene rings is 10. The van der Waals surface area contributed by atoms with Crippen molar-refractivity contribution >= 4 is 63.8 Å². The second-order valence-electron chi connectivity index (χ2n) is 15.6. The summed E-state index contributed by atoms with van der Waals surface area (Å²) in [6.07, 6.45) is 0. The van der Waals surface area contributed by atoms with Gasteiger partial charge < -0.3 is 0 Å². The minimum Gasteiger partial charge on any atom is -0.208 e. The zero-order chi connectivity index (χ0) is 40.3. The van der Waals surface area contributed by atoms with E-state index in [9.17, 15) is 0 Å². The summed E-state index contributed by atoms with van der Waals surface area (Å²) < 4.78 is 2.61. The van der Waals surface area contributed by atoms with Crippen LogP contribution in [0.25, 0.3) is 120 Å². The van der Waals surface area contributed by atoms with Crippen LogP contribution in [0.3, 0.4) is 0 Å². The Balaban J connectivity index is 0.969. The molecule has 0 bridgehead atoms. The molecule has 0 saturated carbocycles. The molecule has 0 radical (unpaired) electrons. The van der Waals surface area contributed by atoms with Gasteiger partial charge in [0.2, 0.25) is 0 Å². The third kappa shape index (κ3) is 6.24. The molecule has 0 atom stereocenters. The maximum Gasteiger partial charge on any atom is 0.164 e. The van der Waals surface area contributed by atoms with Crippen LogP contribution in [-0.4, -0.2) is 15.0 Å². The standard InChI is InChI=1S/C57H35N3S/c1-2-11-36(12-3-1)42-15-10-16-45(33-42)57-59-55(40-25-21-37(22-26-40)43-30-32-53-51(34-43)48-19-8-9-20-52(48)61-53)58-56(60-57)41-27-23-39(24-28-41)54-47-18-7-5-14-44(47)35-50-46-17-6-4-13-38(46)29-31-49(50)54/h1-35H. The minimum atomic E-state index is 0.629. The third-order valence-electron chi connectivity index (χ3n) is 11.9. The van der Waals surface area contributed by atoms with Gasteiger partial charge in [-0.05, 0) is 96.0 Å². The number of thiophene rings is 1. The van der Waals surface area contributed by atoms with Crippen molar-refractivity contribution in [3.8, 4) is 67.5 Å². The molecule has 4 heteroatoms. The molecule has 10 aromatic carbocycles. The first-order valence-corrected chi connectivity index (χ1v) is 21.4. The summed E-state index contributed by atoms with van der Waals surface area (Å²) in [6, 6.07) is 75.9. The Morgan fingerprint density at radius 2 is 0.770 bits per heavy atom. The second kappa shape index (κ2) is 14.5. The highest BCUT2D eigenvalue weighted by Crippen LogP contribution is 2.41. The van der Waals surface area contributed by atoms with Gasteiger partial charge in [-0.1, -0.05) is 182 Å². The Morgan fingerprint density at radius 1 is 0.246 bits per heavy atom. The zero-order valence-corrected chi connectivity index (χ0v) is 33.8. The lowest BCUT2D eigenvalue weighted by Gasteiger charge is -2.14. The Labute approximate surface area is 356 Å². The molecule has 0 aliphatic heterocycles. The van der Waals surface area contributed by atoms with Gasteiger partial charge in [-0.25, -0.2) is 15.0 Å². The van der Waals surface area contributed by atoms with Gasteiger partial charge in [-0.3, -0.25) is 0 Å². The van der Waals surface area contributed by atoms with Crippen LogP contribution in [0.4, 0.5) is 0 Å². The number of nitrogens with zero attached hydrogens (tertiary/aromatic N) is 3. The van der Waals surface area contributed by atoms with Gasteiger partial charge in [0.1, 0.15) is 0 Å². The normalized spacial score (nSPS) is 11.6. The van der Waals surface area contributed by atoms with Gasteiger partial charge in [-0.15, -0.1) is 11.3 Å². The molecule has 12 rings (SSSR count). The molecule has 0 spiro atoms. The Hall–Kier alpha value is -7.79. The number of rotatable bonds is 6. The molecule has 61 heavy (non-hydrogen) atoms. The predicted molar refractivity (Wildman–Crippen MR) is 258 cm³/mol. The molecule has 3 nitrogen and oxygen atoms in total. The largest absolute Gasteiger partial charge is 0.208 e. The number of hydrogen-bond acceptors (Lipinski definition) is 4. The summed E-state index contributed by atoms with van der Waals surface area (Å²) in [5.74, 6) is 1.89. The molecule has 0 N–H and O–H groups in total. The summed E-state index contributed by atoms with van der Waals surface area (Å²) in [5, 5.41) is 10.0. The Morgan fingerprint density at radius 3 is 1.54 bits per heavy atom. The van der Waals surface area contributed by atoms with Gasteiger partial charge in [0.15, 0.2) is 17.5 Å². The van der Waals surface area contributed by atoms with Crippen LogP contribution < -0.4 is 0 Å². The number of fused-ring (bicyclic) bond motifs is 7. The zero-order valence-electron chi connectivity index (χ0n) is 33.0. The lowest BCUT2D eigenvalue weighted by atomic mass is 9.89. The summed E-state index contributed by atoms with van der Waals surface area (Å²) in [4.78, 5) is 15.5. The molecular formula is C57H35N3S. The smallest absolute Gasteiger partial charge is 0.164 e. The van der Waals surface area contributed by atoms with Crippen molar-refractivity contribution in [2.45, 2.75) is 0 Å². The van der Waals surface area contributed by atoms with Crippen LogP contribution in [0.2, 0.25) is 0 Å². The van der Waals surface area contributed by atoms with E-state index in [0.717, 1.165) is 38.9 Å². The minimum absolute atomic E-state index is 0.629. The fraction of sp³-hybridized carbons (Fsp3) is 0. The van der Waals surface area contributed by atoms with Crippen LogP contribution in [0, 0.1) is 0 Å². The summed E-state index contributed by atoms with van der Waals surface area (Å²) in [5.41, 5.74) is 9.76. The van der Waals surface area contributed by atoms with Gasteiger partial charge in [-0.2, -0.15) is 0 Å². The van der Waals surface area contributed by atoms with Gasteiger partial charge in [0, 0.05) is 36.9 Å². The lowest BCUT2D eigenvalue weighted by Crippen LogP contribution is -2.00. The maximum absolute atomic E-state index is 5.17. The molecule has 0 aliphatic rings.